The minimum absolute atomic E-state index is 0.0912. The Bertz CT molecular complexity index is 625. The first-order chi connectivity index (χ1) is 9.27. The van der Waals surface area contributed by atoms with E-state index in [1.807, 2.05) is 30.3 Å². The number of nitro groups is 1. The number of benzene rings is 2. The molecule has 0 spiro atoms. The van der Waals surface area contributed by atoms with E-state index in [0.717, 1.165) is 24.1 Å². The summed E-state index contributed by atoms with van der Waals surface area (Å²) >= 11 is 0. The highest BCUT2D eigenvalue weighted by Crippen LogP contribution is 2.33. The summed E-state index contributed by atoms with van der Waals surface area (Å²) < 4.78 is 0. The van der Waals surface area contributed by atoms with Gasteiger partial charge in [0.15, 0.2) is 0 Å². The Morgan fingerprint density at radius 1 is 1.05 bits per heavy atom. The van der Waals surface area contributed by atoms with E-state index in [4.69, 9.17) is 0 Å². The third-order valence-corrected chi connectivity index (χ3v) is 3.55. The van der Waals surface area contributed by atoms with Crippen molar-refractivity contribution in [2.24, 2.45) is 0 Å². The van der Waals surface area contributed by atoms with E-state index in [9.17, 15) is 10.1 Å². The predicted octanol–water partition coefficient (Wildman–Crippen LogP) is 2.83. The van der Waals surface area contributed by atoms with Gasteiger partial charge in [-0.15, -0.1) is 0 Å². The van der Waals surface area contributed by atoms with Crippen LogP contribution in [-0.2, 0) is 6.42 Å². The number of nitrogens with one attached hydrogen (secondary N) is 1. The second kappa shape index (κ2) is 4.82. The monoisotopic (exact) mass is 254 g/mol. The molecule has 0 amide bonds. The van der Waals surface area contributed by atoms with Crippen molar-refractivity contribution >= 4 is 5.69 Å². The van der Waals surface area contributed by atoms with Crippen molar-refractivity contribution in [1.82, 2.24) is 5.32 Å². The molecule has 0 aromatic heterocycles. The van der Waals surface area contributed by atoms with Gasteiger partial charge in [0.2, 0.25) is 0 Å². The van der Waals surface area contributed by atoms with Gasteiger partial charge in [-0.25, -0.2) is 0 Å². The fourth-order valence-corrected chi connectivity index (χ4v) is 2.68. The standard InChI is InChI=1S/C15H14N2O2/c18-17(19)14-8-4-3-7-13(14)15-12-6-2-1-5-11(12)9-10-16-15/h1-8,15-16H,9-10H2/t15-/m1/s1. The molecule has 0 unspecified atom stereocenters. The van der Waals surface area contributed by atoms with Crippen LogP contribution in [0.2, 0.25) is 0 Å². The van der Waals surface area contributed by atoms with E-state index in [1.165, 1.54) is 5.56 Å². The molecule has 2 aromatic rings. The van der Waals surface area contributed by atoms with Crippen LogP contribution in [0.5, 0.6) is 0 Å². The van der Waals surface area contributed by atoms with Crippen molar-refractivity contribution < 1.29 is 4.92 Å². The normalized spacial score (nSPS) is 17.8. The third-order valence-electron chi connectivity index (χ3n) is 3.55. The SMILES string of the molecule is O=[N+]([O-])c1ccccc1[C@@H]1NCCc2ccccc21. The molecule has 0 saturated carbocycles. The summed E-state index contributed by atoms with van der Waals surface area (Å²) in [6.07, 6.45) is 0.966. The number of para-hydroxylation sites is 1. The summed E-state index contributed by atoms with van der Waals surface area (Å²) in [5, 5.41) is 14.5. The van der Waals surface area contributed by atoms with Gasteiger partial charge in [-0.2, -0.15) is 0 Å². The molecule has 2 aromatic carbocycles. The molecular weight excluding hydrogens is 240 g/mol. The van der Waals surface area contributed by atoms with Crippen molar-refractivity contribution in [3.63, 3.8) is 0 Å². The lowest BCUT2D eigenvalue weighted by atomic mass is 9.89. The Morgan fingerprint density at radius 3 is 2.53 bits per heavy atom. The lowest BCUT2D eigenvalue weighted by Gasteiger charge is -2.27. The van der Waals surface area contributed by atoms with Crippen LogP contribution in [0.1, 0.15) is 22.7 Å². The van der Waals surface area contributed by atoms with Crippen molar-refractivity contribution in [3.05, 3.63) is 75.3 Å². The quantitative estimate of drug-likeness (QED) is 0.662. The highest BCUT2D eigenvalue weighted by atomic mass is 16.6. The maximum atomic E-state index is 11.2. The zero-order valence-corrected chi connectivity index (χ0v) is 10.4. The first-order valence-electron chi connectivity index (χ1n) is 6.32. The number of hydrogen-bond acceptors (Lipinski definition) is 3. The number of nitro benzene ring substituents is 1. The molecule has 3 rings (SSSR count). The van der Waals surface area contributed by atoms with Crippen molar-refractivity contribution in [2.75, 3.05) is 6.54 Å². The average Bonchev–Trinajstić information content (AvgIpc) is 2.46. The van der Waals surface area contributed by atoms with Crippen molar-refractivity contribution in [1.29, 1.82) is 0 Å². The highest BCUT2D eigenvalue weighted by molar-refractivity contribution is 5.48. The second-order valence-corrected chi connectivity index (χ2v) is 4.65. The summed E-state index contributed by atoms with van der Waals surface area (Å²) in [7, 11) is 0. The van der Waals surface area contributed by atoms with Crippen LogP contribution >= 0.6 is 0 Å². The molecule has 4 heteroatoms. The average molecular weight is 254 g/mol. The van der Waals surface area contributed by atoms with Crippen molar-refractivity contribution in [3.8, 4) is 0 Å². The lowest BCUT2D eigenvalue weighted by molar-refractivity contribution is -0.385. The first kappa shape index (κ1) is 11.9. The minimum atomic E-state index is -0.311. The van der Waals surface area contributed by atoms with Gasteiger partial charge in [-0.1, -0.05) is 42.5 Å². The molecule has 0 fully saturated rings. The van der Waals surface area contributed by atoms with E-state index < -0.39 is 0 Å². The number of fused-ring (bicyclic) bond motifs is 1. The Balaban J connectivity index is 2.12. The maximum absolute atomic E-state index is 11.2. The third kappa shape index (κ3) is 2.11. The Hall–Kier alpha value is -2.20. The predicted molar refractivity (Wildman–Crippen MR) is 73.1 cm³/mol. The van der Waals surface area contributed by atoms with E-state index in [2.05, 4.69) is 11.4 Å². The molecule has 0 radical (unpaired) electrons. The molecular formula is C15H14N2O2. The van der Waals surface area contributed by atoms with Gasteiger partial charge < -0.3 is 5.32 Å². The van der Waals surface area contributed by atoms with Gasteiger partial charge in [0.05, 0.1) is 16.5 Å². The molecule has 1 aliphatic heterocycles. The molecule has 1 aliphatic rings. The number of nitrogens with zero attached hydrogens (tertiary/aromatic N) is 1. The van der Waals surface area contributed by atoms with Crippen molar-refractivity contribution in [2.45, 2.75) is 12.5 Å². The van der Waals surface area contributed by atoms with E-state index in [-0.39, 0.29) is 16.7 Å². The van der Waals surface area contributed by atoms with E-state index in [1.54, 1.807) is 12.1 Å². The topological polar surface area (TPSA) is 55.2 Å². The zero-order valence-electron chi connectivity index (χ0n) is 10.4. The van der Waals surface area contributed by atoms with Crippen LogP contribution in [-0.4, -0.2) is 11.5 Å². The van der Waals surface area contributed by atoms with Gasteiger partial charge in [0.25, 0.3) is 5.69 Å². The van der Waals surface area contributed by atoms with Gasteiger partial charge in [0.1, 0.15) is 0 Å². The highest BCUT2D eigenvalue weighted by Gasteiger charge is 2.26. The maximum Gasteiger partial charge on any atom is 0.274 e. The summed E-state index contributed by atoms with van der Waals surface area (Å²) in [6.45, 7) is 0.841. The lowest BCUT2D eigenvalue weighted by Crippen LogP contribution is -2.30. The number of rotatable bonds is 2. The molecule has 4 nitrogen and oxygen atoms in total. The smallest absolute Gasteiger partial charge is 0.274 e. The fourth-order valence-electron chi connectivity index (χ4n) is 2.68. The minimum Gasteiger partial charge on any atom is -0.306 e. The summed E-state index contributed by atoms with van der Waals surface area (Å²) in [4.78, 5) is 10.8. The van der Waals surface area contributed by atoms with Gasteiger partial charge in [0, 0.05) is 12.6 Å². The summed E-state index contributed by atoms with van der Waals surface area (Å²) in [5.74, 6) is 0. The largest absolute Gasteiger partial charge is 0.306 e. The molecule has 96 valence electrons. The van der Waals surface area contributed by atoms with Crippen LogP contribution in [0.15, 0.2) is 48.5 Å². The Morgan fingerprint density at radius 2 is 1.74 bits per heavy atom. The molecule has 19 heavy (non-hydrogen) atoms. The molecule has 1 N–H and O–H groups in total. The molecule has 1 heterocycles. The molecule has 0 aliphatic carbocycles. The first-order valence-corrected chi connectivity index (χ1v) is 6.32. The zero-order chi connectivity index (χ0) is 13.2. The van der Waals surface area contributed by atoms with Gasteiger partial charge in [-0.3, -0.25) is 10.1 Å². The van der Waals surface area contributed by atoms with Crippen LogP contribution in [0, 0.1) is 10.1 Å². The second-order valence-electron chi connectivity index (χ2n) is 4.65. The van der Waals surface area contributed by atoms with E-state index >= 15 is 0 Å². The summed E-state index contributed by atoms with van der Waals surface area (Å²) in [6, 6.07) is 15.0. The van der Waals surface area contributed by atoms with Crippen LogP contribution in [0.25, 0.3) is 0 Å². The van der Waals surface area contributed by atoms with Crippen LogP contribution in [0.3, 0.4) is 0 Å². The van der Waals surface area contributed by atoms with Gasteiger partial charge >= 0.3 is 0 Å². The fraction of sp³-hybridized carbons (Fsp3) is 0.200. The number of hydrogen-bond donors (Lipinski definition) is 1. The van der Waals surface area contributed by atoms with E-state index in [0.29, 0.717) is 0 Å². The van der Waals surface area contributed by atoms with Crippen LogP contribution in [0.4, 0.5) is 5.69 Å². The van der Waals surface area contributed by atoms with Crippen LogP contribution < -0.4 is 5.32 Å². The Labute approximate surface area is 111 Å². The molecule has 0 bridgehead atoms. The molecule has 1 atom stereocenters. The molecule has 0 saturated heterocycles. The Kier molecular flexibility index (Phi) is 3.01. The summed E-state index contributed by atoms with van der Waals surface area (Å²) in [5.41, 5.74) is 3.32. The van der Waals surface area contributed by atoms with Gasteiger partial charge in [-0.05, 0) is 17.5 Å².